The lowest BCUT2D eigenvalue weighted by Gasteiger charge is -2.14. The molecule has 0 aliphatic heterocycles. The fourth-order valence-electron chi connectivity index (χ4n) is 2.97. The maximum atomic E-state index is 11.8. The zero-order chi connectivity index (χ0) is 20.7. The van der Waals surface area contributed by atoms with E-state index in [1.54, 1.807) is 6.07 Å². The summed E-state index contributed by atoms with van der Waals surface area (Å²) < 4.78 is 25.7. The van der Waals surface area contributed by atoms with Gasteiger partial charge in [-0.1, -0.05) is 26.0 Å². The zero-order valence-corrected chi connectivity index (χ0v) is 20.9. The maximum Gasteiger partial charge on any atom is 0.191 e. The van der Waals surface area contributed by atoms with Gasteiger partial charge in [-0.2, -0.15) is 0 Å². The van der Waals surface area contributed by atoms with Crippen molar-refractivity contribution in [2.24, 2.45) is 10.9 Å². The highest BCUT2D eigenvalue weighted by atomic mass is 127. The van der Waals surface area contributed by atoms with E-state index in [4.69, 9.17) is 0 Å². The molecule has 9 heteroatoms. The van der Waals surface area contributed by atoms with Crippen LogP contribution in [-0.4, -0.2) is 36.7 Å². The van der Waals surface area contributed by atoms with E-state index >= 15 is 0 Å². The molecule has 0 fully saturated rings. The van der Waals surface area contributed by atoms with Crippen LogP contribution in [0, 0.1) is 12.8 Å². The first-order chi connectivity index (χ1) is 13.2. The lowest BCUT2D eigenvalue weighted by molar-refractivity contribution is 0.503. The number of imidazole rings is 1. The molecule has 0 bridgehead atoms. The van der Waals surface area contributed by atoms with Gasteiger partial charge >= 0.3 is 0 Å². The van der Waals surface area contributed by atoms with Crippen LogP contribution in [0.1, 0.15) is 37.7 Å². The van der Waals surface area contributed by atoms with Crippen LogP contribution >= 0.6 is 24.0 Å². The van der Waals surface area contributed by atoms with Gasteiger partial charge in [-0.3, -0.25) is 0 Å². The second-order valence-corrected chi connectivity index (χ2v) is 9.29. The predicted octanol–water partition coefficient (Wildman–Crippen LogP) is 3.12. The lowest BCUT2D eigenvalue weighted by atomic mass is 10.1. The maximum absolute atomic E-state index is 11.8. The van der Waals surface area contributed by atoms with Crippen LogP contribution < -0.4 is 10.6 Å². The summed E-state index contributed by atoms with van der Waals surface area (Å²) in [6, 6.07) is 5.34. The number of aryl methyl sites for hydroxylation is 1. The van der Waals surface area contributed by atoms with E-state index in [2.05, 4.69) is 39.0 Å². The average Bonchev–Trinajstić information content (AvgIpc) is 3.02. The van der Waals surface area contributed by atoms with Crippen LogP contribution in [0.25, 0.3) is 0 Å². The Labute approximate surface area is 191 Å². The van der Waals surface area contributed by atoms with E-state index in [1.165, 1.54) is 6.26 Å². The van der Waals surface area contributed by atoms with E-state index in [1.807, 2.05) is 38.4 Å². The summed E-state index contributed by atoms with van der Waals surface area (Å²) in [5.74, 6) is 2.21. The second kappa shape index (κ2) is 11.5. The minimum absolute atomic E-state index is 0. The van der Waals surface area contributed by atoms with Gasteiger partial charge in [-0.05, 0) is 37.0 Å². The Morgan fingerprint density at radius 1 is 1.28 bits per heavy atom. The molecular weight excluding hydrogens is 501 g/mol. The summed E-state index contributed by atoms with van der Waals surface area (Å²) in [5, 5.41) is 6.55. The van der Waals surface area contributed by atoms with Gasteiger partial charge in [0, 0.05) is 31.7 Å². The third kappa shape index (κ3) is 7.96. The summed E-state index contributed by atoms with van der Waals surface area (Å²) in [6.07, 6.45) is 5.03. The molecule has 29 heavy (non-hydrogen) atoms. The van der Waals surface area contributed by atoms with Gasteiger partial charge in [-0.15, -0.1) is 24.0 Å². The summed E-state index contributed by atoms with van der Waals surface area (Å²) in [6.45, 7) is 10.9. The molecule has 0 amide bonds. The number of hydrogen-bond acceptors (Lipinski definition) is 4. The number of benzene rings is 1. The molecule has 0 spiro atoms. The smallest absolute Gasteiger partial charge is 0.191 e. The number of aliphatic imine (C=N–C) groups is 1. The van der Waals surface area contributed by atoms with Crippen molar-refractivity contribution < 1.29 is 8.42 Å². The van der Waals surface area contributed by atoms with Gasteiger partial charge in [0.2, 0.25) is 0 Å². The Morgan fingerprint density at radius 2 is 2.00 bits per heavy atom. The molecule has 0 aliphatic carbocycles. The molecule has 2 rings (SSSR count). The number of hydrogen-bond donors (Lipinski definition) is 2. The number of aromatic nitrogens is 2. The van der Waals surface area contributed by atoms with Crippen LogP contribution in [0.3, 0.4) is 0 Å². The van der Waals surface area contributed by atoms with Gasteiger partial charge in [-0.25, -0.2) is 18.4 Å². The van der Waals surface area contributed by atoms with Crippen LogP contribution in [0.5, 0.6) is 0 Å². The summed E-state index contributed by atoms with van der Waals surface area (Å²) in [5.41, 5.74) is 1.70. The molecule has 0 atom stereocenters. The average molecular weight is 533 g/mol. The number of nitrogens with zero attached hydrogens (tertiary/aromatic N) is 3. The molecule has 0 saturated heterocycles. The first-order valence-electron chi connectivity index (χ1n) is 9.52. The Balaban J connectivity index is 0.00000420. The Bertz CT molecular complexity index is 923. The van der Waals surface area contributed by atoms with Gasteiger partial charge in [0.25, 0.3) is 0 Å². The molecule has 2 aromatic rings. The molecule has 0 radical (unpaired) electrons. The Morgan fingerprint density at radius 3 is 2.59 bits per heavy atom. The third-order valence-corrected chi connectivity index (χ3v) is 5.44. The first-order valence-corrected chi connectivity index (χ1v) is 11.4. The molecule has 0 saturated carbocycles. The van der Waals surface area contributed by atoms with Crippen LogP contribution in [-0.2, 0) is 29.5 Å². The van der Waals surface area contributed by atoms with E-state index in [0.717, 1.165) is 30.0 Å². The van der Waals surface area contributed by atoms with Gasteiger partial charge < -0.3 is 15.2 Å². The van der Waals surface area contributed by atoms with Crippen molar-refractivity contribution in [3.8, 4) is 0 Å². The van der Waals surface area contributed by atoms with Crippen molar-refractivity contribution >= 4 is 39.8 Å². The van der Waals surface area contributed by atoms with E-state index in [-0.39, 0.29) is 24.0 Å². The van der Waals surface area contributed by atoms with Crippen molar-refractivity contribution in [1.82, 2.24) is 20.2 Å². The standard InChI is InChI=1S/C20H31N5O2S.HI/c1-6-21-20(24-13-19-22-9-10-25(19)14-15(2)3)23-12-17-7-8-18(16(4)11-17)28(5,26)27;/h7-11,15H,6,12-14H2,1-5H3,(H2,21,23,24);1H. The predicted molar refractivity (Wildman–Crippen MR) is 128 cm³/mol. The summed E-state index contributed by atoms with van der Waals surface area (Å²) in [4.78, 5) is 9.40. The quantitative estimate of drug-likeness (QED) is 0.309. The largest absolute Gasteiger partial charge is 0.357 e. The topological polar surface area (TPSA) is 88.4 Å². The number of nitrogens with one attached hydrogen (secondary N) is 2. The molecule has 1 aromatic heterocycles. The van der Waals surface area contributed by atoms with Crippen molar-refractivity contribution in [3.05, 3.63) is 47.5 Å². The Kier molecular flexibility index (Phi) is 10.1. The lowest BCUT2D eigenvalue weighted by Crippen LogP contribution is -2.37. The number of halogens is 1. The molecule has 1 aromatic carbocycles. The summed E-state index contributed by atoms with van der Waals surface area (Å²) >= 11 is 0. The van der Waals surface area contributed by atoms with Gasteiger partial charge in [0.05, 0.1) is 18.0 Å². The summed E-state index contributed by atoms with van der Waals surface area (Å²) in [7, 11) is -3.21. The number of guanidine groups is 1. The Hall–Kier alpha value is -1.62. The van der Waals surface area contributed by atoms with Crippen molar-refractivity contribution in [2.75, 3.05) is 12.8 Å². The highest BCUT2D eigenvalue weighted by molar-refractivity contribution is 14.0. The van der Waals surface area contributed by atoms with Crippen LogP contribution in [0.15, 0.2) is 40.5 Å². The zero-order valence-electron chi connectivity index (χ0n) is 17.8. The molecule has 0 unspecified atom stereocenters. The minimum atomic E-state index is -3.21. The molecule has 162 valence electrons. The number of sulfone groups is 1. The van der Waals surface area contributed by atoms with Gasteiger partial charge in [0.15, 0.2) is 15.8 Å². The van der Waals surface area contributed by atoms with Crippen LogP contribution in [0.4, 0.5) is 0 Å². The first kappa shape index (κ1) is 25.4. The van der Waals surface area contributed by atoms with Crippen molar-refractivity contribution in [2.45, 2.75) is 52.2 Å². The van der Waals surface area contributed by atoms with Gasteiger partial charge in [0.1, 0.15) is 5.82 Å². The minimum Gasteiger partial charge on any atom is -0.357 e. The fraction of sp³-hybridized carbons (Fsp3) is 0.500. The van der Waals surface area contributed by atoms with E-state index < -0.39 is 9.84 Å². The second-order valence-electron chi connectivity index (χ2n) is 7.31. The molecule has 0 aliphatic rings. The highest BCUT2D eigenvalue weighted by Crippen LogP contribution is 2.17. The third-order valence-electron chi connectivity index (χ3n) is 4.18. The highest BCUT2D eigenvalue weighted by Gasteiger charge is 2.11. The molecule has 1 heterocycles. The molecular formula is C20H32IN5O2S. The number of rotatable bonds is 8. The molecule has 2 N–H and O–H groups in total. The fourth-order valence-corrected chi connectivity index (χ4v) is 3.93. The monoisotopic (exact) mass is 533 g/mol. The van der Waals surface area contributed by atoms with Crippen LogP contribution in [0.2, 0.25) is 0 Å². The molecule has 7 nitrogen and oxygen atoms in total. The van der Waals surface area contributed by atoms with Crippen molar-refractivity contribution in [3.63, 3.8) is 0 Å². The van der Waals surface area contributed by atoms with Crippen molar-refractivity contribution in [1.29, 1.82) is 0 Å². The van der Waals surface area contributed by atoms with E-state index in [9.17, 15) is 8.42 Å². The van der Waals surface area contributed by atoms with E-state index in [0.29, 0.717) is 29.9 Å². The SMILES string of the molecule is CCNC(=NCc1ccc(S(C)(=O)=O)c(C)c1)NCc1nccn1CC(C)C.I. The normalized spacial score (nSPS) is 12.0.